The molecule has 2 aromatic carbocycles. The second-order valence-electron chi connectivity index (χ2n) is 6.14. The molecule has 5 heteroatoms. The molecule has 2 aliphatic rings. The normalized spacial score (nSPS) is 21.9. The van der Waals surface area contributed by atoms with Crippen molar-refractivity contribution in [2.24, 2.45) is 0 Å². The quantitative estimate of drug-likeness (QED) is 0.914. The van der Waals surface area contributed by atoms with Crippen molar-refractivity contribution < 1.29 is 14.7 Å². The number of amides is 1. The van der Waals surface area contributed by atoms with Gasteiger partial charge in [-0.2, -0.15) is 0 Å². The van der Waals surface area contributed by atoms with Gasteiger partial charge in [0.15, 0.2) is 6.04 Å². The fourth-order valence-electron chi connectivity index (χ4n) is 3.58. The number of thioether (sulfide) groups is 1. The van der Waals surface area contributed by atoms with Crippen LogP contribution in [0.3, 0.4) is 0 Å². The molecular formula is C19H17NO3S. The summed E-state index contributed by atoms with van der Waals surface area (Å²) in [5.74, 6) is -1.03. The molecule has 0 spiro atoms. The van der Waals surface area contributed by atoms with Crippen molar-refractivity contribution in [1.82, 2.24) is 4.90 Å². The van der Waals surface area contributed by atoms with Crippen molar-refractivity contribution in [3.63, 3.8) is 0 Å². The van der Waals surface area contributed by atoms with E-state index in [9.17, 15) is 14.7 Å². The van der Waals surface area contributed by atoms with E-state index in [0.717, 1.165) is 16.0 Å². The van der Waals surface area contributed by atoms with E-state index in [1.54, 1.807) is 16.7 Å². The molecule has 2 heterocycles. The first kappa shape index (κ1) is 15.3. The van der Waals surface area contributed by atoms with Crippen LogP contribution >= 0.6 is 11.8 Å². The Labute approximate surface area is 144 Å². The number of hydrogen-bond donors (Lipinski definition) is 1. The minimum absolute atomic E-state index is 0.0712. The van der Waals surface area contributed by atoms with E-state index in [1.165, 1.54) is 5.56 Å². The van der Waals surface area contributed by atoms with Crippen molar-refractivity contribution in [2.75, 3.05) is 6.54 Å². The molecule has 1 amide bonds. The van der Waals surface area contributed by atoms with Gasteiger partial charge in [-0.15, -0.1) is 11.8 Å². The monoisotopic (exact) mass is 339 g/mol. The Morgan fingerprint density at radius 3 is 2.50 bits per heavy atom. The standard InChI is InChI=1S/C19H17NO3S/c21-18(16-11-13-6-2-4-8-15(13)24-16)20-10-9-12-5-1-3-7-14(12)17(20)19(22)23/h1-8,16-17H,9-11H2,(H,22,23). The topological polar surface area (TPSA) is 57.6 Å². The molecule has 4 nitrogen and oxygen atoms in total. The summed E-state index contributed by atoms with van der Waals surface area (Å²) in [7, 11) is 0. The van der Waals surface area contributed by atoms with Gasteiger partial charge in [0.25, 0.3) is 0 Å². The predicted molar refractivity (Wildman–Crippen MR) is 92.0 cm³/mol. The highest BCUT2D eigenvalue weighted by Gasteiger charge is 2.40. The van der Waals surface area contributed by atoms with Gasteiger partial charge in [0, 0.05) is 11.4 Å². The zero-order chi connectivity index (χ0) is 16.7. The van der Waals surface area contributed by atoms with Crippen molar-refractivity contribution in [2.45, 2.75) is 29.0 Å². The van der Waals surface area contributed by atoms with Gasteiger partial charge in [0.1, 0.15) is 0 Å². The number of benzene rings is 2. The van der Waals surface area contributed by atoms with Gasteiger partial charge in [0.2, 0.25) is 5.91 Å². The van der Waals surface area contributed by atoms with Gasteiger partial charge >= 0.3 is 5.97 Å². The molecule has 0 saturated carbocycles. The van der Waals surface area contributed by atoms with Gasteiger partial charge in [-0.05, 0) is 35.6 Å². The number of carboxylic acids is 1. The Bertz CT molecular complexity index is 795. The summed E-state index contributed by atoms with van der Waals surface area (Å²) in [6.07, 6.45) is 1.38. The first-order valence-electron chi connectivity index (χ1n) is 8.01. The molecule has 2 unspecified atom stereocenters. The van der Waals surface area contributed by atoms with Crippen LogP contribution in [0.5, 0.6) is 0 Å². The average molecular weight is 339 g/mol. The van der Waals surface area contributed by atoms with Crippen molar-refractivity contribution in [1.29, 1.82) is 0 Å². The summed E-state index contributed by atoms with van der Waals surface area (Å²) >= 11 is 1.55. The Kier molecular flexibility index (Phi) is 3.81. The van der Waals surface area contributed by atoms with E-state index in [1.807, 2.05) is 48.5 Å². The molecule has 0 fully saturated rings. The Morgan fingerprint density at radius 2 is 1.75 bits per heavy atom. The largest absolute Gasteiger partial charge is 0.479 e. The molecule has 0 aromatic heterocycles. The van der Waals surface area contributed by atoms with Gasteiger partial charge in [0.05, 0.1) is 5.25 Å². The van der Waals surface area contributed by atoms with Gasteiger partial charge in [-0.1, -0.05) is 42.5 Å². The molecule has 0 bridgehead atoms. The summed E-state index contributed by atoms with van der Waals surface area (Å²) in [6, 6.07) is 14.6. The maximum absolute atomic E-state index is 13.0. The number of carboxylic acid groups (broad SMARTS) is 1. The van der Waals surface area contributed by atoms with E-state index in [0.29, 0.717) is 19.4 Å². The molecule has 0 radical (unpaired) electrons. The number of carbonyl (C=O) groups excluding carboxylic acids is 1. The lowest BCUT2D eigenvalue weighted by Crippen LogP contribution is -2.47. The first-order valence-corrected chi connectivity index (χ1v) is 8.89. The molecule has 4 rings (SSSR count). The van der Waals surface area contributed by atoms with Crippen LogP contribution in [-0.2, 0) is 22.4 Å². The molecule has 122 valence electrons. The second kappa shape index (κ2) is 5.98. The number of rotatable bonds is 2. The molecule has 0 saturated heterocycles. The average Bonchev–Trinajstić information content (AvgIpc) is 3.04. The van der Waals surface area contributed by atoms with E-state index < -0.39 is 12.0 Å². The van der Waals surface area contributed by atoms with Crippen LogP contribution < -0.4 is 0 Å². The summed E-state index contributed by atoms with van der Waals surface area (Å²) in [5.41, 5.74) is 2.94. The molecular weight excluding hydrogens is 322 g/mol. The van der Waals surface area contributed by atoms with Gasteiger partial charge in [-0.25, -0.2) is 4.79 Å². The Morgan fingerprint density at radius 1 is 1.04 bits per heavy atom. The van der Waals surface area contributed by atoms with Crippen molar-refractivity contribution >= 4 is 23.6 Å². The lowest BCUT2D eigenvalue weighted by atomic mass is 9.92. The van der Waals surface area contributed by atoms with Gasteiger partial charge < -0.3 is 10.0 Å². The zero-order valence-electron chi connectivity index (χ0n) is 13.0. The van der Waals surface area contributed by atoms with E-state index >= 15 is 0 Å². The highest BCUT2D eigenvalue weighted by molar-refractivity contribution is 8.01. The number of fused-ring (bicyclic) bond motifs is 2. The highest BCUT2D eigenvalue weighted by atomic mass is 32.2. The number of aliphatic carboxylic acids is 1. The van der Waals surface area contributed by atoms with Crippen molar-refractivity contribution in [3.05, 3.63) is 65.2 Å². The maximum atomic E-state index is 13.0. The van der Waals surface area contributed by atoms with Crippen LogP contribution in [0.15, 0.2) is 53.4 Å². The summed E-state index contributed by atoms with van der Waals surface area (Å²) in [4.78, 5) is 27.6. The Hall–Kier alpha value is -2.27. The summed E-state index contributed by atoms with van der Waals surface area (Å²) in [5, 5.41) is 9.49. The molecule has 1 N–H and O–H groups in total. The smallest absolute Gasteiger partial charge is 0.331 e. The molecule has 2 aromatic rings. The molecule has 0 aliphatic carbocycles. The van der Waals surface area contributed by atoms with Crippen LogP contribution in [0.2, 0.25) is 0 Å². The van der Waals surface area contributed by atoms with E-state index in [4.69, 9.17) is 0 Å². The van der Waals surface area contributed by atoms with Crippen LogP contribution in [0.25, 0.3) is 0 Å². The fraction of sp³-hybridized carbons (Fsp3) is 0.263. The second-order valence-corrected chi connectivity index (χ2v) is 7.38. The third-order valence-corrected chi connectivity index (χ3v) is 6.03. The van der Waals surface area contributed by atoms with Gasteiger partial charge in [-0.3, -0.25) is 4.79 Å². The summed E-state index contributed by atoms with van der Waals surface area (Å²) in [6.45, 7) is 0.459. The van der Waals surface area contributed by atoms with E-state index in [-0.39, 0.29) is 11.2 Å². The minimum Gasteiger partial charge on any atom is -0.479 e. The lowest BCUT2D eigenvalue weighted by Gasteiger charge is -2.36. The number of hydrogen-bond acceptors (Lipinski definition) is 3. The minimum atomic E-state index is -0.962. The third-order valence-electron chi connectivity index (χ3n) is 4.72. The number of nitrogens with zero attached hydrogens (tertiary/aromatic N) is 1. The molecule has 2 aliphatic heterocycles. The van der Waals surface area contributed by atoms with Crippen LogP contribution in [0.4, 0.5) is 0 Å². The highest BCUT2D eigenvalue weighted by Crippen LogP contribution is 2.39. The molecule has 2 atom stereocenters. The fourth-order valence-corrected chi connectivity index (χ4v) is 4.84. The lowest BCUT2D eigenvalue weighted by molar-refractivity contribution is -0.151. The number of carbonyl (C=O) groups is 2. The summed E-state index contributed by atoms with van der Waals surface area (Å²) < 4.78 is 0. The SMILES string of the molecule is O=C(O)C1c2ccccc2CCN1C(=O)C1Cc2ccccc2S1. The van der Waals surface area contributed by atoms with E-state index in [2.05, 4.69) is 0 Å². The predicted octanol–water partition coefficient (Wildman–Crippen LogP) is 2.91. The third kappa shape index (κ3) is 2.49. The maximum Gasteiger partial charge on any atom is 0.331 e. The van der Waals surface area contributed by atoms with Crippen LogP contribution in [0.1, 0.15) is 22.7 Å². The first-order chi connectivity index (χ1) is 11.6. The van der Waals surface area contributed by atoms with Crippen LogP contribution in [0, 0.1) is 0 Å². The molecule has 24 heavy (non-hydrogen) atoms. The van der Waals surface area contributed by atoms with Crippen molar-refractivity contribution in [3.8, 4) is 0 Å². The van der Waals surface area contributed by atoms with Crippen LogP contribution in [-0.4, -0.2) is 33.7 Å². The Balaban J connectivity index is 1.62. The zero-order valence-corrected chi connectivity index (χ0v) is 13.8.